The molecule has 0 saturated heterocycles. The predicted molar refractivity (Wildman–Crippen MR) is 155 cm³/mol. The molecule has 5 rings (SSSR count). The Balaban J connectivity index is 1.35. The number of hydrogen-bond acceptors (Lipinski definition) is 8. The van der Waals surface area contributed by atoms with E-state index in [0.29, 0.717) is 33.8 Å². The van der Waals surface area contributed by atoms with Gasteiger partial charge >= 0.3 is 12.2 Å². The third-order valence-corrected chi connectivity index (χ3v) is 7.36. The zero-order valence-corrected chi connectivity index (χ0v) is 24.0. The Morgan fingerprint density at radius 2 is 1.90 bits per heavy atom. The summed E-state index contributed by atoms with van der Waals surface area (Å²) >= 11 is 1.49. The summed E-state index contributed by atoms with van der Waals surface area (Å²) in [6, 6.07) is 8.80. The summed E-state index contributed by atoms with van der Waals surface area (Å²) in [6.45, 7) is 2.75. The molecule has 2 aromatic heterocycles. The fourth-order valence-corrected chi connectivity index (χ4v) is 5.35. The number of anilines is 5. The first-order valence-corrected chi connectivity index (χ1v) is 13.6. The van der Waals surface area contributed by atoms with Gasteiger partial charge in [0.05, 0.1) is 17.8 Å². The van der Waals surface area contributed by atoms with Gasteiger partial charge in [0.15, 0.2) is 5.13 Å². The molecule has 218 valence electrons. The van der Waals surface area contributed by atoms with Crippen LogP contribution in [-0.4, -0.2) is 52.9 Å². The molecule has 0 saturated carbocycles. The van der Waals surface area contributed by atoms with Crippen molar-refractivity contribution in [3.8, 4) is 0 Å². The maximum absolute atomic E-state index is 13.5. The predicted octanol–water partition coefficient (Wildman–Crippen LogP) is 5.89. The second-order valence-corrected chi connectivity index (χ2v) is 11.1. The van der Waals surface area contributed by atoms with Gasteiger partial charge < -0.3 is 10.2 Å². The molecule has 10 nitrogen and oxygen atoms in total. The highest BCUT2D eigenvalue weighted by molar-refractivity contribution is 7.15. The number of urea groups is 1. The molecule has 2 aromatic carbocycles. The van der Waals surface area contributed by atoms with Crippen LogP contribution in [0, 0.1) is 6.92 Å². The van der Waals surface area contributed by atoms with Crippen molar-refractivity contribution >= 4 is 51.5 Å². The number of carbonyl (C=O) groups excluding carboxylic acids is 2. The summed E-state index contributed by atoms with van der Waals surface area (Å²) in [5, 5.41) is 6.37. The average Bonchev–Trinajstić information content (AvgIpc) is 3.37. The molecule has 1 aliphatic heterocycles. The molecule has 1 aliphatic rings. The molecular formula is C28H27F3N8O2S. The van der Waals surface area contributed by atoms with Gasteiger partial charge in [-0.3, -0.25) is 19.9 Å². The van der Waals surface area contributed by atoms with Gasteiger partial charge in [-0.25, -0.2) is 14.8 Å². The number of aromatic nitrogens is 3. The molecule has 0 atom stereocenters. The number of nitrogens with zero attached hydrogens (tertiary/aromatic N) is 6. The second-order valence-electron chi connectivity index (χ2n) is 10.00. The van der Waals surface area contributed by atoms with Gasteiger partial charge in [0.25, 0.3) is 5.91 Å². The lowest BCUT2D eigenvalue weighted by Crippen LogP contribution is -2.46. The first kappa shape index (κ1) is 29.0. The molecule has 0 fully saturated rings. The number of alkyl halides is 3. The Morgan fingerprint density at radius 3 is 2.64 bits per heavy atom. The van der Waals surface area contributed by atoms with Crippen LogP contribution in [0.1, 0.15) is 31.9 Å². The highest BCUT2D eigenvalue weighted by Crippen LogP contribution is 2.34. The van der Waals surface area contributed by atoms with Crippen LogP contribution in [0.25, 0.3) is 0 Å². The van der Waals surface area contributed by atoms with Crippen molar-refractivity contribution in [2.75, 3.05) is 41.6 Å². The minimum absolute atomic E-state index is 0.136. The number of halogens is 3. The summed E-state index contributed by atoms with van der Waals surface area (Å²) in [7, 11) is 5.56. The van der Waals surface area contributed by atoms with Crippen molar-refractivity contribution < 1.29 is 22.8 Å². The lowest BCUT2D eigenvalue weighted by molar-refractivity contribution is -0.137. The molecule has 14 heteroatoms. The normalized spacial score (nSPS) is 13.4. The van der Waals surface area contributed by atoms with E-state index in [1.54, 1.807) is 37.6 Å². The highest BCUT2D eigenvalue weighted by atomic mass is 32.1. The summed E-state index contributed by atoms with van der Waals surface area (Å²) in [5.41, 5.74) is 1.26. The fraction of sp³-hybridized carbons (Fsp3) is 0.250. The van der Waals surface area contributed by atoms with Crippen molar-refractivity contribution in [3.05, 3.63) is 82.0 Å². The standard InChI is InChI=1S/C28H27F3N8O2S/c1-16-8-9-20(34-24(40)17-6-5-7-19(10-17)28(29,30)31)11-22(16)39-14-18-12-32-25(35-23(18)38(4)27(39)41)36-26-33-13-21(42-26)15-37(2)3/h5-13H,14-15H2,1-4H3,(H,34,40)(H,32,33,35,36). The molecule has 0 bridgehead atoms. The minimum Gasteiger partial charge on any atom is -0.322 e. The van der Waals surface area contributed by atoms with E-state index < -0.39 is 17.6 Å². The lowest BCUT2D eigenvalue weighted by atomic mass is 10.1. The highest BCUT2D eigenvalue weighted by Gasteiger charge is 2.32. The molecule has 0 aliphatic carbocycles. The zero-order chi connectivity index (χ0) is 30.2. The molecule has 3 heterocycles. The summed E-state index contributed by atoms with van der Waals surface area (Å²) in [6.07, 6.45) is -1.14. The molecule has 0 unspecified atom stereocenters. The summed E-state index contributed by atoms with van der Waals surface area (Å²) in [4.78, 5) is 45.6. The molecule has 0 spiro atoms. The maximum atomic E-state index is 13.5. The second kappa shape index (κ2) is 11.4. The largest absolute Gasteiger partial charge is 0.416 e. The fourth-order valence-electron chi connectivity index (χ4n) is 4.42. The first-order valence-electron chi connectivity index (χ1n) is 12.8. The van der Waals surface area contributed by atoms with Gasteiger partial charge in [0.2, 0.25) is 5.95 Å². The van der Waals surface area contributed by atoms with E-state index in [1.807, 2.05) is 25.9 Å². The van der Waals surface area contributed by atoms with E-state index >= 15 is 0 Å². The smallest absolute Gasteiger partial charge is 0.322 e. The Morgan fingerprint density at radius 1 is 1.12 bits per heavy atom. The summed E-state index contributed by atoms with van der Waals surface area (Å²) < 4.78 is 39.3. The van der Waals surface area contributed by atoms with Crippen molar-refractivity contribution in [2.45, 2.75) is 26.2 Å². The quantitative estimate of drug-likeness (QED) is 0.274. The third-order valence-electron chi connectivity index (χ3n) is 6.46. The molecular weight excluding hydrogens is 569 g/mol. The number of rotatable bonds is 7. The SMILES string of the molecule is Cc1ccc(NC(=O)c2cccc(C(F)(F)F)c2)cc1N1Cc2cnc(Nc3ncc(CN(C)C)s3)nc2N(C)C1=O. The van der Waals surface area contributed by atoms with E-state index in [4.69, 9.17) is 0 Å². The van der Waals surface area contributed by atoms with E-state index in [9.17, 15) is 22.8 Å². The van der Waals surface area contributed by atoms with Gasteiger partial charge in [0, 0.05) is 47.7 Å². The Kier molecular flexibility index (Phi) is 7.84. The zero-order valence-electron chi connectivity index (χ0n) is 23.2. The molecule has 42 heavy (non-hydrogen) atoms. The minimum atomic E-state index is -4.57. The van der Waals surface area contributed by atoms with Gasteiger partial charge in [0.1, 0.15) is 5.82 Å². The van der Waals surface area contributed by atoms with Crippen LogP contribution in [0.3, 0.4) is 0 Å². The van der Waals surface area contributed by atoms with Gasteiger partial charge in [-0.05, 0) is 56.9 Å². The molecule has 4 aromatic rings. The first-order chi connectivity index (χ1) is 19.9. The number of carbonyl (C=O) groups is 2. The van der Waals surface area contributed by atoms with Crippen LogP contribution in [0.15, 0.2) is 54.9 Å². The Bertz CT molecular complexity index is 1660. The number of fused-ring (bicyclic) bond motifs is 1. The molecule has 3 amide bonds. The number of hydrogen-bond donors (Lipinski definition) is 2. The van der Waals surface area contributed by atoms with Gasteiger partial charge in [-0.1, -0.05) is 12.1 Å². The van der Waals surface area contributed by atoms with E-state index in [2.05, 4.69) is 25.6 Å². The van der Waals surface area contributed by atoms with Crippen LogP contribution >= 0.6 is 11.3 Å². The van der Waals surface area contributed by atoms with Crippen LogP contribution in [0.4, 0.5) is 46.2 Å². The molecule has 2 N–H and O–H groups in total. The maximum Gasteiger partial charge on any atom is 0.416 e. The number of aryl methyl sites for hydroxylation is 1. The topological polar surface area (TPSA) is 107 Å². The third kappa shape index (κ3) is 6.19. The van der Waals surface area contributed by atoms with E-state index in [0.717, 1.165) is 29.1 Å². The van der Waals surface area contributed by atoms with Gasteiger partial charge in [-0.15, -0.1) is 11.3 Å². The van der Waals surface area contributed by atoms with Crippen molar-refractivity contribution in [3.63, 3.8) is 0 Å². The van der Waals surface area contributed by atoms with E-state index in [1.165, 1.54) is 33.3 Å². The van der Waals surface area contributed by atoms with Crippen LogP contribution in [-0.2, 0) is 19.3 Å². The Labute approximate surface area is 243 Å². The monoisotopic (exact) mass is 596 g/mol. The van der Waals surface area contributed by atoms with E-state index in [-0.39, 0.29) is 18.1 Å². The van der Waals surface area contributed by atoms with Crippen molar-refractivity contribution in [2.24, 2.45) is 0 Å². The van der Waals surface area contributed by atoms with Crippen LogP contribution in [0.5, 0.6) is 0 Å². The lowest BCUT2D eigenvalue weighted by Gasteiger charge is -2.35. The number of amides is 3. The van der Waals surface area contributed by atoms with Crippen LogP contribution < -0.4 is 20.4 Å². The van der Waals surface area contributed by atoms with Gasteiger partial charge in [-0.2, -0.15) is 18.2 Å². The van der Waals surface area contributed by atoms with Crippen LogP contribution in [0.2, 0.25) is 0 Å². The van der Waals surface area contributed by atoms with Crippen molar-refractivity contribution in [1.29, 1.82) is 0 Å². The summed E-state index contributed by atoms with van der Waals surface area (Å²) in [5.74, 6) is 0.0550. The van der Waals surface area contributed by atoms with Crippen molar-refractivity contribution in [1.82, 2.24) is 19.9 Å². The number of benzene rings is 2. The number of nitrogens with one attached hydrogen (secondary N) is 2. The Hall–Kier alpha value is -4.56. The molecule has 0 radical (unpaired) electrons. The number of thiazole rings is 1. The average molecular weight is 597 g/mol.